The molecule has 14 heavy (non-hydrogen) atoms. The van der Waals surface area contributed by atoms with Crippen molar-refractivity contribution in [1.29, 1.82) is 0 Å². The average Bonchev–Trinajstić information content (AvgIpc) is 2.19. The molecule has 0 bridgehead atoms. The van der Waals surface area contributed by atoms with Crippen molar-refractivity contribution in [2.75, 3.05) is 19.8 Å². The maximum atomic E-state index is 11.1. The van der Waals surface area contributed by atoms with Crippen LogP contribution in [0.5, 0.6) is 0 Å². The molecule has 1 fully saturated rings. The number of carboxylic acid groups (broad SMARTS) is 1. The Morgan fingerprint density at radius 2 is 2.21 bits per heavy atom. The van der Waals surface area contributed by atoms with E-state index >= 15 is 0 Å². The topological polar surface area (TPSA) is 66.8 Å². The molecule has 0 amide bonds. The third kappa shape index (κ3) is 2.69. The Labute approximate surface area is 83.9 Å². The van der Waals surface area contributed by atoms with E-state index in [1.165, 1.54) is 0 Å². The maximum absolute atomic E-state index is 11.1. The van der Waals surface area contributed by atoms with E-state index in [0.717, 1.165) is 12.8 Å². The highest BCUT2D eigenvalue weighted by Gasteiger charge is 2.39. The molecule has 0 aromatic rings. The lowest BCUT2D eigenvalue weighted by molar-refractivity contribution is -0.158. The van der Waals surface area contributed by atoms with Gasteiger partial charge in [0.15, 0.2) is 0 Å². The smallest absolute Gasteiger partial charge is 0.311 e. The first kappa shape index (κ1) is 11.5. The minimum atomic E-state index is -0.755. The summed E-state index contributed by atoms with van der Waals surface area (Å²) in [7, 11) is 0. The Morgan fingerprint density at radius 1 is 1.43 bits per heavy atom. The fraction of sp³-hybridized carbons (Fsp3) is 0.900. The lowest BCUT2D eigenvalue weighted by atomic mass is 9.78. The monoisotopic (exact) mass is 202 g/mol. The number of hydrogen-bond acceptors (Lipinski definition) is 3. The third-order valence-electron chi connectivity index (χ3n) is 2.84. The molecule has 0 spiro atoms. The summed E-state index contributed by atoms with van der Waals surface area (Å²) in [6.07, 6.45) is 3.57. The zero-order valence-corrected chi connectivity index (χ0v) is 8.37. The van der Waals surface area contributed by atoms with Crippen molar-refractivity contribution in [2.24, 2.45) is 5.41 Å². The highest BCUT2D eigenvalue weighted by atomic mass is 16.5. The van der Waals surface area contributed by atoms with E-state index in [9.17, 15) is 4.79 Å². The highest BCUT2D eigenvalue weighted by molar-refractivity contribution is 5.74. The fourth-order valence-electron chi connectivity index (χ4n) is 1.90. The number of aliphatic carboxylic acids is 1. The number of unbranched alkanes of at least 4 members (excludes halogenated alkanes) is 1. The van der Waals surface area contributed by atoms with E-state index in [4.69, 9.17) is 14.9 Å². The molecule has 1 atom stereocenters. The van der Waals surface area contributed by atoms with Crippen LogP contribution in [0.15, 0.2) is 0 Å². The van der Waals surface area contributed by atoms with Crippen LogP contribution in [0.1, 0.15) is 32.1 Å². The van der Waals surface area contributed by atoms with E-state index in [0.29, 0.717) is 32.5 Å². The minimum absolute atomic E-state index is 0.135. The number of carbonyl (C=O) groups is 1. The quantitative estimate of drug-likeness (QED) is 0.653. The van der Waals surface area contributed by atoms with Crippen molar-refractivity contribution >= 4 is 5.97 Å². The molecule has 1 heterocycles. The average molecular weight is 202 g/mol. The normalized spacial score (nSPS) is 27.5. The van der Waals surface area contributed by atoms with Gasteiger partial charge in [-0.05, 0) is 32.1 Å². The second kappa shape index (κ2) is 5.32. The molecule has 1 aliphatic heterocycles. The number of ether oxygens (including phenoxy) is 1. The summed E-state index contributed by atoms with van der Waals surface area (Å²) < 4.78 is 5.23. The van der Waals surface area contributed by atoms with Crippen molar-refractivity contribution < 1.29 is 19.7 Å². The Hall–Kier alpha value is -0.610. The molecule has 0 aliphatic carbocycles. The first-order valence-electron chi connectivity index (χ1n) is 5.13. The van der Waals surface area contributed by atoms with Gasteiger partial charge in [-0.1, -0.05) is 0 Å². The summed E-state index contributed by atoms with van der Waals surface area (Å²) in [5.74, 6) is -0.755. The Balaban J connectivity index is 2.47. The molecule has 0 aromatic heterocycles. The summed E-state index contributed by atoms with van der Waals surface area (Å²) in [6, 6.07) is 0. The second-order valence-electron chi connectivity index (χ2n) is 3.92. The molecule has 4 heteroatoms. The van der Waals surface area contributed by atoms with Crippen LogP contribution in [-0.2, 0) is 9.53 Å². The predicted molar refractivity (Wildman–Crippen MR) is 51.1 cm³/mol. The van der Waals surface area contributed by atoms with Crippen LogP contribution in [0, 0.1) is 5.41 Å². The largest absolute Gasteiger partial charge is 0.481 e. The van der Waals surface area contributed by atoms with Crippen molar-refractivity contribution in [2.45, 2.75) is 32.1 Å². The molecule has 1 aliphatic rings. The van der Waals surface area contributed by atoms with Crippen LogP contribution in [-0.4, -0.2) is 36.0 Å². The predicted octanol–water partition coefficient (Wildman–Crippen LogP) is 1.03. The van der Waals surface area contributed by atoms with Crippen LogP contribution in [0.4, 0.5) is 0 Å². The van der Waals surface area contributed by atoms with E-state index in [2.05, 4.69) is 0 Å². The molecule has 1 rings (SSSR count). The van der Waals surface area contributed by atoms with Gasteiger partial charge < -0.3 is 14.9 Å². The van der Waals surface area contributed by atoms with Crippen LogP contribution < -0.4 is 0 Å². The molecular weight excluding hydrogens is 184 g/mol. The first-order chi connectivity index (χ1) is 6.71. The number of carboxylic acids is 1. The van der Waals surface area contributed by atoms with Crippen LogP contribution >= 0.6 is 0 Å². The molecule has 1 saturated heterocycles. The number of aliphatic hydroxyl groups is 1. The van der Waals surface area contributed by atoms with Crippen molar-refractivity contribution in [1.82, 2.24) is 0 Å². The summed E-state index contributed by atoms with van der Waals surface area (Å²) in [5.41, 5.74) is -0.687. The molecule has 0 saturated carbocycles. The molecule has 1 unspecified atom stereocenters. The fourth-order valence-corrected chi connectivity index (χ4v) is 1.90. The van der Waals surface area contributed by atoms with Crippen molar-refractivity contribution in [3.8, 4) is 0 Å². The summed E-state index contributed by atoms with van der Waals surface area (Å²) in [6.45, 7) is 1.14. The summed E-state index contributed by atoms with van der Waals surface area (Å²) >= 11 is 0. The van der Waals surface area contributed by atoms with Gasteiger partial charge in [0.25, 0.3) is 0 Å². The van der Waals surface area contributed by atoms with Gasteiger partial charge >= 0.3 is 5.97 Å². The number of rotatable bonds is 5. The minimum Gasteiger partial charge on any atom is -0.481 e. The third-order valence-corrected chi connectivity index (χ3v) is 2.84. The van der Waals surface area contributed by atoms with Crippen molar-refractivity contribution in [3.05, 3.63) is 0 Å². The molecule has 4 nitrogen and oxygen atoms in total. The van der Waals surface area contributed by atoms with E-state index in [1.807, 2.05) is 0 Å². The van der Waals surface area contributed by atoms with Gasteiger partial charge in [-0.15, -0.1) is 0 Å². The molecule has 2 N–H and O–H groups in total. The highest BCUT2D eigenvalue weighted by Crippen LogP contribution is 2.34. The molecular formula is C10H18O4. The standard InChI is InChI=1S/C10H18O4/c11-6-2-1-4-10(9(12)13)5-3-7-14-8-10/h11H,1-8H2,(H,12,13). The zero-order chi connectivity index (χ0) is 10.4. The SMILES string of the molecule is O=C(O)C1(CCCCO)CCCOC1. The van der Waals surface area contributed by atoms with E-state index < -0.39 is 11.4 Å². The number of hydrogen-bond donors (Lipinski definition) is 2. The van der Waals surface area contributed by atoms with E-state index in [1.54, 1.807) is 0 Å². The van der Waals surface area contributed by atoms with Crippen LogP contribution in [0.25, 0.3) is 0 Å². The van der Waals surface area contributed by atoms with Crippen molar-refractivity contribution in [3.63, 3.8) is 0 Å². The zero-order valence-electron chi connectivity index (χ0n) is 8.37. The Kier molecular flexibility index (Phi) is 4.35. The van der Waals surface area contributed by atoms with E-state index in [-0.39, 0.29) is 6.61 Å². The van der Waals surface area contributed by atoms with Gasteiger partial charge in [0.1, 0.15) is 0 Å². The van der Waals surface area contributed by atoms with Gasteiger partial charge in [0, 0.05) is 13.2 Å². The molecule has 0 aromatic carbocycles. The lowest BCUT2D eigenvalue weighted by Crippen LogP contribution is -2.39. The summed E-state index contributed by atoms with van der Waals surface area (Å²) in [5, 5.41) is 17.8. The molecule has 82 valence electrons. The Bertz CT molecular complexity index is 185. The van der Waals surface area contributed by atoms with Gasteiger partial charge in [0.2, 0.25) is 0 Å². The Morgan fingerprint density at radius 3 is 2.71 bits per heavy atom. The van der Waals surface area contributed by atoms with Gasteiger partial charge in [-0.25, -0.2) is 0 Å². The maximum Gasteiger partial charge on any atom is 0.311 e. The summed E-state index contributed by atoms with van der Waals surface area (Å²) in [4.78, 5) is 11.1. The van der Waals surface area contributed by atoms with Gasteiger partial charge in [0.05, 0.1) is 12.0 Å². The first-order valence-corrected chi connectivity index (χ1v) is 5.13. The molecule has 0 radical (unpaired) electrons. The van der Waals surface area contributed by atoms with Crippen LogP contribution in [0.2, 0.25) is 0 Å². The van der Waals surface area contributed by atoms with Gasteiger partial charge in [-0.2, -0.15) is 0 Å². The van der Waals surface area contributed by atoms with Crippen LogP contribution in [0.3, 0.4) is 0 Å². The number of aliphatic hydroxyl groups excluding tert-OH is 1. The second-order valence-corrected chi connectivity index (χ2v) is 3.92. The van der Waals surface area contributed by atoms with Gasteiger partial charge in [-0.3, -0.25) is 4.79 Å². The lowest BCUT2D eigenvalue weighted by Gasteiger charge is -2.32.